The highest BCUT2D eigenvalue weighted by atomic mass is 35.5. The van der Waals surface area contributed by atoms with E-state index < -0.39 is 12.1 Å². The number of alkyl halides is 1. The minimum atomic E-state index is -0.639. The van der Waals surface area contributed by atoms with E-state index in [4.69, 9.17) is 16.3 Å². The molecule has 2 aromatic carbocycles. The van der Waals surface area contributed by atoms with Gasteiger partial charge in [0.2, 0.25) is 0 Å². The fourth-order valence-corrected chi connectivity index (χ4v) is 2.05. The van der Waals surface area contributed by atoms with Gasteiger partial charge in [0.25, 0.3) is 0 Å². The summed E-state index contributed by atoms with van der Waals surface area (Å²) in [4.78, 5) is 23.8. The normalized spacial score (nSPS) is 11.6. The summed E-state index contributed by atoms with van der Waals surface area (Å²) in [5.74, 6) is -0.670. The Bertz CT molecular complexity index is 673. The zero-order valence-electron chi connectivity index (χ0n) is 12.9. The second-order valence-corrected chi connectivity index (χ2v) is 5.44. The van der Waals surface area contributed by atoms with Gasteiger partial charge in [0.05, 0.1) is 17.5 Å². The van der Waals surface area contributed by atoms with Gasteiger partial charge in [-0.15, -0.1) is 11.6 Å². The zero-order chi connectivity index (χ0) is 17.4. The first kappa shape index (κ1) is 18.0. The van der Waals surface area contributed by atoms with Crippen LogP contribution in [0.25, 0.3) is 0 Å². The number of carbonyl (C=O) groups is 2. The first-order valence-electron chi connectivity index (χ1n) is 7.43. The molecule has 1 atom stereocenters. The number of ether oxygens (including phenoxy) is 1. The Morgan fingerprint density at radius 2 is 1.71 bits per heavy atom. The Kier molecular flexibility index (Phi) is 6.78. The van der Waals surface area contributed by atoms with Crippen LogP contribution in [0.5, 0.6) is 0 Å². The van der Waals surface area contributed by atoms with E-state index in [1.807, 2.05) is 6.07 Å². The predicted molar refractivity (Wildman–Crippen MR) is 92.7 cm³/mol. The number of hydrogen-bond acceptors (Lipinski definition) is 5. The van der Waals surface area contributed by atoms with Gasteiger partial charge in [-0.05, 0) is 24.3 Å². The van der Waals surface area contributed by atoms with Gasteiger partial charge in [0.1, 0.15) is 0 Å². The molecule has 0 saturated heterocycles. The molecule has 5 nitrogen and oxygen atoms in total. The molecule has 24 heavy (non-hydrogen) atoms. The molecule has 0 aromatic heterocycles. The first-order valence-corrected chi connectivity index (χ1v) is 7.97. The smallest absolute Gasteiger partial charge is 0.338 e. The van der Waals surface area contributed by atoms with E-state index in [1.54, 1.807) is 48.5 Å². The molecule has 0 fully saturated rings. The summed E-state index contributed by atoms with van der Waals surface area (Å²) in [7, 11) is 0. The number of nitrogens with one attached hydrogen (secondary N) is 1. The van der Waals surface area contributed by atoms with Crippen molar-refractivity contribution in [2.24, 2.45) is 0 Å². The Labute approximate surface area is 145 Å². The van der Waals surface area contributed by atoms with Crippen LogP contribution >= 0.6 is 11.6 Å². The second-order valence-electron chi connectivity index (χ2n) is 5.13. The van der Waals surface area contributed by atoms with Crippen molar-refractivity contribution >= 4 is 29.0 Å². The van der Waals surface area contributed by atoms with E-state index in [0.717, 1.165) is 5.69 Å². The van der Waals surface area contributed by atoms with Crippen LogP contribution in [0.3, 0.4) is 0 Å². The number of aliphatic hydroxyl groups is 1. The summed E-state index contributed by atoms with van der Waals surface area (Å²) in [5, 5.41) is 12.4. The molecule has 0 amide bonds. The van der Waals surface area contributed by atoms with E-state index in [9.17, 15) is 14.7 Å². The quantitative estimate of drug-likeness (QED) is 0.436. The number of ketones is 1. The molecule has 2 rings (SSSR count). The highest BCUT2D eigenvalue weighted by molar-refractivity contribution is 6.18. The van der Waals surface area contributed by atoms with Gasteiger partial charge in [0.15, 0.2) is 12.4 Å². The van der Waals surface area contributed by atoms with Gasteiger partial charge >= 0.3 is 5.97 Å². The average molecular weight is 348 g/mol. The lowest BCUT2D eigenvalue weighted by molar-refractivity contribution is 0.0475. The van der Waals surface area contributed by atoms with Crippen molar-refractivity contribution in [2.75, 3.05) is 24.3 Å². The van der Waals surface area contributed by atoms with Gasteiger partial charge in [-0.1, -0.05) is 30.3 Å². The maximum absolute atomic E-state index is 12.0. The highest BCUT2D eigenvalue weighted by Gasteiger charge is 2.11. The molecule has 0 bridgehead atoms. The summed E-state index contributed by atoms with van der Waals surface area (Å²) in [6.07, 6.45) is -0.639. The Morgan fingerprint density at radius 1 is 1.04 bits per heavy atom. The van der Waals surface area contributed by atoms with Crippen molar-refractivity contribution in [3.8, 4) is 0 Å². The minimum Gasteiger partial charge on any atom is -0.454 e. The minimum absolute atomic E-state index is 0.146. The summed E-state index contributed by atoms with van der Waals surface area (Å²) < 4.78 is 5.03. The number of anilines is 1. The van der Waals surface area contributed by atoms with Crippen LogP contribution in [-0.4, -0.2) is 42.0 Å². The van der Waals surface area contributed by atoms with Crippen molar-refractivity contribution in [1.29, 1.82) is 0 Å². The molecular formula is C18H18ClNO4. The second kappa shape index (κ2) is 9.05. The van der Waals surface area contributed by atoms with Crippen LogP contribution in [-0.2, 0) is 4.74 Å². The number of carbonyl (C=O) groups excluding carboxylic acids is 2. The largest absolute Gasteiger partial charge is 0.454 e. The molecule has 0 aliphatic heterocycles. The third-order valence-corrected chi connectivity index (χ3v) is 3.63. The van der Waals surface area contributed by atoms with Crippen molar-refractivity contribution in [2.45, 2.75) is 6.10 Å². The van der Waals surface area contributed by atoms with Crippen LogP contribution in [0.4, 0.5) is 5.69 Å². The van der Waals surface area contributed by atoms with Crippen molar-refractivity contribution in [1.82, 2.24) is 0 Å². The summed E-state index contributed by atoms with van der Waals surface area (Å²) in [5.41, 5.74) is 1.60. The molecule has 0 heterocycles. The van der Waals surface area contributed by atoms with E-state index >= 15 is 0 Å². The molecule has 126 valence electrons. The molecular weight excluding hydrogens is 330 g/mol. The maximum Gasteiger partial charge on any atom is 0.338 e. The molecule has 1 unspecified atom stereocenters. The topological polar surface area (TPSA) is 75.6 Å². The molecule has 0 saturated carbocycles. The number of halogens is 1. The monoisotopic (exact) mass is 347 g/mol. The molecule has 0 spiro atoms. The molecule has 2 aromatic rings. The van der Waals surface area contributed by atoms with Crippen LogP contribution < -0.4 is 5.32 Å². The zero-order valence-corrected chi connectivity index (χ0v) is 13.7. The number of hydrogen-bond donors (Lipinski definition) is 2. The fourth-order valence-electron chi connectivity index (χ4n) is 1.94. The molecule has 2 N–H and O–H groups in total. The van der Waals surface area contributed by atoms with Gasteiger partial charge < -0.3 is 15.2 Å². The molecule has 0 aliphatic rings. The van der Waals surface area contributed by atoms with Crippen LogP contribution in [0.2, 0.25) is 0 Å². The highest BCUT2D eigenvalue weighted by Crippen LogP contribution is 2.11. The van der Waals surface area contributed by atoms with Crippen LogP contribution in [0.15, 0.2) is 54.6 Å². The average Bonchev–Trinajstić information content (AvgIpc) is 2.64. The van der Waals surface area contributed by atoms with Gasteiger partial charge in [-0.2, -0.15) is 0 Å². The lowest BCUT2D eigenvalue weighted by Gasteiger charge is -2.10. The maximum atomic E-state index is 12.0. The Morgan fingerprint density at radius 3 is 2.33 bits per heavy atom. The number of rotatable bonds is 8. The molecule has 6 heteroatoms. The van der Waals surface area contributed by atoms with E-state index in [1.165, 1.54) is 0 Å². The van der Waals surface area contributed by atoms with Crippen molar-refractivity contribution in [3.63, 3.8) is 0 Å². The van der Waals surface area contributed by atoms with E-state index in [2.05, 4.69) is 5.32 Å². The molecule has 0 radical (unpaired) electrons. The molecule has 0 aliphatic carbocycles. The summed E-state index contributed by atoms with van der Waals surface area (Å²) in [6.45, 7) is 0.0175. The standard InChI is InChI=1S/C18H18ClNO4/c19-10-16(21)11-20-15-8-6-14(7-9-15)18(23)24-12-17(22)13-4-2-1-3-5-13/h1-9,16,20-21H,10-12H2. The van der Waals surface area contributed by atoms with Gasteiger partial charge in [-0.3, -0.25) is 4.79 Å². The summed E-state index contributed by atoms with van der Waals surface area (Å²) >= 11 is 5.51. The number of aliphatic hydroxyl groups excluding tert-OH is 1. The third-order valence-electron chi connectivity index (χ3n) is 3.27. The third kappa shape index (κ3) is 5.37. The van der Waals surface area contributed by atoms with Gasteiger partial charge in [0, 0.05) is 17.8 Å². The van der Waals surface area contributed by atoms with Gasteiger partial charge in [-0.25, -0.2) is 4.79 Å². The van der Waals surface area contributed by atoms with Crippen molar-refractivity contribution in [3.05, 3.63) is 65.7 Å². The van der Waals surface area contributed by atoms with Crippen LogP contribution in [0.1, 0.15) is 20.7 Å². The van der Waals surface area contributed by atoms with Crippen LogP contribution in [0, 0.1) is 0 Å². The first-order chi connectivity index (χ1) is 11.6. The Hall–Kier alpha value is -2.37. The number of Topliss-reactive ketones (excluding diaryl/α,β-unsaturated/α-hetero) is 1. The summed E-state index contributed by atoms with van der Waals surface area (Å²) in [6, 6.07) is 15.2. The Balaban J connectivity index is 1.85. The SMILES string of the molecule is O=C(COC(=O)c1ccc(NCC(O)CCl)cc1)c1ccccc1. The van der Waals surface area contributed by atoms with E-state index in [-0.39, 0.29) is 18.3 Å². The van der Waals surface area contributed by atoms with Crippen molar-refractivity contribution < 1.29 is 19.4 Å². The lowest BCUT2D eigenvalue weighted by Crippen LogP contribution is -2.20. The number of esters is 1. The predicted octanol–water partition coefficient (Wildman–Crippen LogP) is 2.74. The fraction of sp³-hybridized carbons (Fsp3) is 0.222. The van der Waals surface area contributed by atoms with E-state index in [0.29, 0.717) is 17.7 Å². The lowest BCUT2D eigenvalue weighted by atomic mass is 10.1. The number of benzene rings is 2.